The van der Waals surface area contributed by atoms with Crippen LogP contribution >= 0.6 is 0 Å². The number of hydrogen-bond acceptors (Lipinski definition) is 4. The SMILES string of the molecule is CCNc1cccnc1S(=O)(=O)N1Cc2ccccc2C1. The molecule has 110 valence electrons. The lowest BCUT2D eigenvalue weighted by atomic mass is 10.1. The molecule has 5 nitrogen and oxygen atoms in total. The lowest BCUT2D eigenvalue weighted by Crippen LogP contribution is -2.27. The largest absolute Gasteiger partial charge is 0.383 e. The third-order valence-electron chi connectivity index (χ3n) is 3.53. The predicted octanol–water partition coefficient (Wildman–Crippen LogP) is 2.22. The Kier molecular flexibility index (Phi) is 3.65. The first-order chi connectivity index (χ1) is 10.1. The molecule has 3 rings (SSSR count). The van der Waals surface area contributed by atoms with E-state index in [1.165, 1.54) is 10.5 Å². The molecule has 0 atom stereocenters. The Morgan fingerprint density at radius 2 is 1.81 bits per heavy atom. The van der Waals surface area contributed by atoms with Crippen molar-refractivity contribution >= 4 is 15.7 Å². The van der Waals surface area contributed by atoms with Crippen molar-refractivity contribution in [2.45, 2.75) is 25.0 Å². The van der Waals surface area contributed by atoms with Gasteiger partial charge < -0.3 is 5.32 Å². The van der Waals surface area contributed by atoms with Gasteiger partial charge in [0.1, 0.15) is 0 Å². The Bertz CT molecular complexity index is 734. The quantitative estimate of drug-likeness (QED) is 0.940. The molecule has 0 saturated heterocycles. The highest BCUT2D eigenvalue weighted by Crippen LogP contribution is 2.30. The van der Waals surface area contributed by atoms with Gasteiger partial charge in [0.2, 0.25) is 0 Å². The molecule has 21 heavy (non-hydrogen) atoms. The third kappa shape index (κ3) is 2.52. The zero-order chi connectivity index (χ0) is 14.9. The van der Waals surface area contributed by atoms with Gasteiger partial charge in [-0.25, -0.2) is 13.4 Å². The van der Waals surface area contributed by atoms with Gasteiger partial charge in [0, 0.05) is 25.8 Å². The molecule has 0 aliphatic carbocycles. The van der Waals surface area contributed by atoms with Crippen LogP contribution in [0, 0.1) is 0 Å². The van der Waals surface area contributed by atoms with Gasteiger partial charge in [-0.05, 0) is 30.2 Å². The minimum atomic E-state index is -3.60. The molecular formula is C15H17N3O2S. The average molecular weight is 303 g/mol. The highest BCUT2D eigenvalue weighted by Gasteiger charge is 2.32. The summed E-state index contributed by atoms with van der Waals surface area (Å²) in [6.45, 7) is 3.38. The molecule has 0 unspecified atom stereocenters. The monoisotopic (exact) mass is 303 g/mol. The number of benzene rings is 1. The molecule has 2 heterocycles. The fourth-order valence-electron chi connectivity index (χ4n) is 2.52. The lowest BCUT2D eigenvalue weighted by molar-refractivity contribution is 0.429. The molecule has 0 spiro atoms. The summed E-state index contributed by atoms with van der Waals surface area (Å²) in [6, 6.07) is 11.3. The van der Waals surface area contributed by atoms with Gasteiger partial charge >= 0.3 is 0 Å². The van der Waals surface area contributed by atoms with Crippen LogP contribution in [-0.2, 0) is 23.1 Å². The fourth-order valence-corrected chi connectivity index (χ4v) is 3.99. The average Bonchev–Trinajstić information content (AvgIpc) is 2.93. The molecule has 0 bridgehead atoms. The van der Waals surface area contributed by atoms with Crippen molar-refractivity contribution in [3.8, 4) is 0 Å². The first-order valence-corrected chi connectivity index (χ1v) is 8.32. The summed E-state index contributed by atoms with van der Waals surface area (Å²) >= 11 is 0. The van der Waals surface area contributed by atoms with Gasteiger partial charge in [-0.3, -0.25) is 0 Å². The Hall–Kier alpha value is -1.92. The van der Waals surface area contributed by atoms with Crippen molar-refractivity contribution in [1.82, 2.24) is 9.29 Å². The molecule has 6 heteroatoms. The van der Waals surface area contributed by atoms with Crippen LogP contribution in [0.1, 0.15) is 18.1 Å². The molecule has 1 N–H and O–H groups in total. The zero-order valence-electron chi connectivity index (χ0n) is 11.8. The molecule has 1 aromatic heterocycles. The third-order valence-corrected chi connectivity index (χ3v) is 5.29. The van der Waals surface area contributed by atoms with Gasteiger partial charge in [0.15, 0.2) is 5.03 Å². The summed E-state index contributed by atoms with van der Waals surface area (Å²) in [6.07, 6.45) is 1.51. The van der Waals surface area contributed by atoms with E-state index in [4.69, 9.17) is 0 Å². The predicted molar refractivity (Wildman–Crippen MR) is 81.3 cm³/mol. The molecule has 1 aliphatic rings. The number of aromatic nitrogens is 1. The van der Waals surface area contributed by atoms with Crippen molar-refractivity contribution in [2.24, 2.45) is 0 Å². The van der Waals surface area contributed by atoms with E-state index >= 15 is 0 Å². The topological polar surface area (TPSA) is 62.3 Å². The standard InChI is InChI=1S/C15H17N3O2S/c1-2-16-14-8-5-9-17-15(14)21(19,20)18-10-12-6-3-4-7-13(12)11-18/h3-9,16H,2,10-11H2,1H3. The Balaban J connectivity index is 1.96. The van der Waals surface area contributed by atoms with Crippen molar-refractivity contribution < 1.29 is 8.42 Å². The van der Waals surface area contributed by atoms with E-state index in [2.05, 4.69) is 10.3 Å². The van der Waals surface area contributed by atoms with Crippen LogP contribution < -0.4 is 5.32 Å². The first kappa shape index (κ1) is 14.0. The minimum absolute atomic E-state index is 0.0969. The molecule has 0 amide bonds. The normalized spacial score (nSPS) is 14.9. The van der Waals surface area contributed by atoms with Crippen LogP contribution in [0.3, 0.4) is 0 Å². The number of rotatable bonds is 4. The Morgan fingerprint density at radius 1 is 1.14 bits per heavy atom. The smallest absolute Gasteiger partial charge is 0.263 e. The summed E-state index contributed by atoms with van der Waals surface area (Å²) < 4.78 is 27.1. The highest BCUT2D eigenvalue weighted by molar-refractivity contribution is 7.89. The van der Waals surface area contributed by atoms with Crippen LogP contribution in [0.25, 0.3) is 0 Å². The van der Waals surface area contributed by atoms with Crippen molar-refractivity contribution in [1.29, 1.82) is 0 Å². The molecule has 0 fully saturated rings. The molecule has 0 radical (unpaired) electrons. The van der Waals surface area contributed by atoms with E-state index < -0.39 is 10.0 Å². The molecular weight excluding hydrogens is 286 g/mol. The van der Waals surface area contributed by atoms with Crippen LogP contribution in [-0.4, -0.2) is 24.3 Å². The number of hydrogen-bond donors (Lipinski definition) is 1. The lowest BCUT2D eigenvalue weighted by Gasteiger charge is -2.17. The number of nitrogens with zero attached hydrogens (tertiary/aromatic N) is 2. The van der Waals surface area contributed by atoms with E-state index in [0.29, 0.717) is 25.3 Å². The maximum Gasteiger partial charge on any atom is 0.263 e. The van der Waals surface area contributed by atoms with E-state index in [9.17, 15) is 8.42 Å². The second-order valence-electron chi connectivity index (χ2n) is 4.93. The number of sulfonamides is 1. The number of nitrogens with one attached hydrogen (secondary N) is 1. The first-order valence-electron chi connectivity index (χ1n) is 6.88. The van der Waals surface area contributed by atoms with Crippen LogP contribution in [0.5, 0.6) is 0 Å². The van der Waals surface area contributed by atoms with Gasteiger partial charge in [-0.2, -0.15) is 4.31 Å². The van der Waals surface area contributed by atoms with Crippen LogP contribution in [0.15, 0.2) is 47.6 Å². The maximum absolute atomic E-state index is 12.8. The number of anilines is 1. The molecule has 1 aliphatic heterocycles. The maximum atomic E-state index is 12.8. The Labute approximate surface area is 124 Å². The second kappa shape index (κ2) is 5.46. The highest BCUT2D eigenvalue weighted by atomic mass is 32.2. The van der Waals surface area contributed by atoms with E-state index in [0.717, 1.165) is 11.1 Å². The van der Waals surface area contributed by atoms with Crippen molar-refractivity contribution in [2.75, 3.05) is 11.9 Å². The van der Waals surface area contributed by atoms with Gasteiger partial charge in [-0.1, -0.05) is 24.3 Å². The van der Waals surface area contributed by atoms with Crippen molar-refractivity contribution in [3.63, 3.8) is 0 Å². The molecule has 1 aromatic carbocycles. The Morgan fingerprint density at radius 3 is 2.43 bits per heavy atom. The van der Waals surface area contributed by atoms with Gasteiger partial charge in [0.25, 0.3) is 10.0 Å². The molecule has 0 saturated carbocycles. The summed E-state index contributed by atoms with van der Waals surface area (Å²) in [4.78, 5) is 4.08. The second-order valence-corrected chi connectivity index (χ2v) is 6.78. The van der Waals surface area contributed by atoms with Crippen LogP contribution in [0.4, 0.5) is 5.69 Å². The summed E-state index contributed by atoms with van der Waals surface area (Å²) in [7, 11) is -3.60. The fraction of sp³-hybridized carbons (Fsp3) is 0.267. The van der Waals surface area contributed by atoms with E-state index in [1.54, 1.807) is 12.1 Å². The zero-order valence-corrected chi connectivity index (χ0v) is 12.6. The van der Waals surface area contributed by atoms with E-state index in [1.807, 2.05) is 31.2 Å². The van der Waals surface area contributed by atoms with Crippen LogP contribution in [0.2, 0.25) is 0 Å². The number of pyridine rings is 1. The molecule has 2 aromatic rings. The summed E-state index contributed by atoms with van der Waals surface area (Å²) in [5, 5.41) is 3.16. The summed E-state index contributed by atoms with van der Waals surface area (Å²) in [5.74, 6) is 0. The number of fused-ring (bicyclic) bond motifs is 1. The van der Waals surface area contributed by atoms with Crippen molar-refractivity contribution in [3.05, 3.63) is 53.7 Å². The van der Waals surface area contributed by atoms with Gasteiger partial charge in [0.05, 0.1) is 5.69 Å². The summed E-state index contributed by atoms with van der Waals surface area (Å²) in [5.41, 5.74) is 2.67. The van der Waals surface area contributed by atoms with E-state index in [-0.39, 0.29) is 5.03 Å². The minimum Gasteiger partial charge on any atom is -0.383 e. The van der Waals surface area contributed by atoms with Gasteiger partial charge in [-0.15, -0.1) is 0 Å².